The molecule has 3 aromatic heterocycles. The van der Waals surface area contributed by atoms with E-state index < -0.39 is 0 Å². The number of carbonyl (C=O) groups excluding carboxylic acids is 1. The molecule has 0 saturated carbocycles. The molecule has 1 saturated heterocycles. The lowest BCUT2D eigenvalue weighted by atomic mass is 9.96. The van der Waals surface area contributed by atoms with E-state index in [2.05, 4.69) is 20.1 Å². The molecule has 178 valence electrons. The molecule has 0 N–H and O–H groups in total. The van der Waals surface area contributed by atoms with Crippen LogP contribution in [0.5, 0.6) is 17.4 Å². The van der Waals surface area contributed by atoms with Gasteiger partial charge in [0.1, 0.15) is 17.3 Å². The van der Waals surface area contributed by atoms with Gasteiger partial charge in [0.15, 0.2) is 5.82 Å². The third kappa shape index (κ3) is 5.13. The molecule has 5 rings (SSSR count). The molecule has 0 spiro atoms. The highest BCUT2D eigenvalue weighted by atomic mass is 16.5. The lowest BCUT2D eigenvalue weighted by molar-refractivity contribution is 0.0704. The summed E-state index contributed by atoms with van der Waals surface area (Å²) in [5, 5.41) is 4.17. The van der Waals surface area contributed by atoms with E-state index in [0.29, 0.717) is 41.9 Å². The van der Waals surface area contributed by atoms with Gasteiger partial charge in [0.2, 0.25) is 5.88 Å². The fourth-order valence-electron chi connectivity index (χ4n) is 4.17. The Bertz CT molecular complexity index is 1290. The summed E-state index contributed by atoms with van der Waals surface area (Å²) < 4.78 is 12.8. The van der Waals surface area contributed by atoms with E-state index in [9.17, 15) is 4.79 Å². The minimum absolute atomic E-state index is 0.0297. The zero-order chi connectivity index (χ0) is 24.2. The second-order valence-electron chi connectivity index (χ2n) is 8.43. The quantitative estimate of drug-likeness (QED) is 0.417. The van der Waals surface area contributed by atoms with Gasteiger partial charge < -0.3 is 14.4 Å². The molecule has 0 bridgehead atoms. The maximum Gasteiger partial charge on any atom is 0.255 e. The predicted octanol–water partition coefficient (Wildman–Crippen LogP) is 4.19. The summed E-state index contributed by atoms with van der Waals surface area (Å²) in [5.74, 6) is 3.26. The Balaban J connectivity index is 1.29. The van der Waals surface area contributed by atoms with Gasteiger partial charge >= 0.3 is 0 Å². The van der Waals surface area contributed by atoms with Crippen molar-refractivity contribution in [1.29, 1.82) is 0 Å². The second kappa shape index (κ2) is 9.92. The molecular weight excluding hydrogens is 444 g/mol. The van der Waals surface area contributed by atoms with E-state index in [1.54, 1.807) is 36.3 Å². The van der Waals surface area contributed by atoms with Crippen molar-refractivity contribution in [3.63, 3.8) is 0 Å². The Morgan fingerprint density at radius 3 is 2.63 bits per heavy atom. The Hall–Kier alpha value is -4.27. The average molecular weight is 471 g/mol. The van der Waals surface area contributed by atoms with E-state index in [4.69, 9.17) is 9.47 Å². The van der Waals surface area contributed by atoms with Crippen LogP contribution in [0.1, 0.15) is 40.6 Å². The second-order valence-corrected chi connectivity index (χ2v) is 8.43. The van der Waals surface area contributed by atoms with Crippen LogP contribution in [-0.4, -0.2) is 55.7 Å². The first-order valence-corrected chi connectivity index (χ1v) is 11.5. The first-order chi connectivity index (χ1) is 17.1. The van der Waals surface area contributed by atoms with Crippen molar-refractivity contribution in [2.45, 2.75) is 25.7 Å². The predicted molar refractivity (Wildman–Crippen MR) is 129 cm³/mol. The van der Waals surface area contributed by atoms with Crippen molar-refractivity contribution in [3.05, 3.63) is 84.2 Å². The summed E-state index contributed by atoms with van der Waals surface area (Å²) in [6.45, 7) is 3.16. The van der Waals surface area contributed by atoms with Crippen LogP contribution in [0, 0.1) is 6.92 Å². The van der Waals surface area contributed by atoms with Crippen molar-refractivity contribution < 1.29 is 14.3 Å². The molecule has 0 unspecified atom stereocenters. The van der Waals surface area contributed by atoms with E-state index in [1.165, 1.54) is 0 Å². The highest BCUT2D eigenvalue weighted by molar-refractivity contribution is 5.94. The van der Waals surface area contributed by atoms with Crippen LogP contribution in [0.15, 0.2) is 67.1 Å². The monoisotopic (exact) mass is 470 g/mol. The first-order valence-electron chi connectivity index (χ1n) is 11.5. The molecule has 4 aromatic rings. The molecule has 9 nitrogen and oxygen atoms in total. The maximum atomic E-state index is 13.2. The molecule has 1 atom stereocenters. The van der Waals surface area contributed by atoms with Crippen LogP contribution >= 0.6 is 0 Å². The van der Waals surface area contributed by atoms with Crippen LogP contribution in [0.25, 0.3) is 5.82 Å². The summed E-state index contributed by atoms with van der Waals surface area (Å²) in [6.07, 6.45) is 6.89. The van der Waals surface area contributed by atoms with E-state index in [0.717, 1.165) is 24.3 Å². The number of amides is 1. The highest BCUT2D eigenvalue weighted by Gasteiger charge is 2.28. The summed E-state index contributed by atoms with van der Waals surface area (Å²) in [6, 6.07) is 14.6. The number of nitrogens with zero attached hydrogens (tertiary/aromatic N) is 6. The Labute approximate surface area is 203 Å². The number of hydrogen-bond donors (Lipinski definition) is 0. The number of aromatic nitrogens is 5. The summed E-state index contributed by atoms with van der Waals surface area (Å²) in [7, 11) is 1.63. The first kappa shape index (κ1) is 22.5. The van der Waals surface area contributed by atoms with Gasteiger partial charge in [-0.05, 0) is 62.2 Å². The molecule has 1 aliphatic heterocycles. The molecule has 0 aliphatic carbocycles. The number of piperidine rings is 1. The lowest BCUT2D eigenvalue weighted by Gasteiger charge is -2.32. The van der Waals surface area contributed by atoms with Crippen molar-refractivity contribution in [2.75, 3.05) is 20.2 Å². The Morgan fingerprint density at radius 1 is 1.09 bits per heavy atom. The largest absolute Gasteiger partial charge is 0.497 e. The summed E-state index contributed by atoms with van der Waals surface area (Å²) in [5.41, 5.74) is 1.37. The van der Waals surface area contributed by atoms with Crippen molar-refractivity contribution in [2.24, 2.45) is 0 Å². The molecule has 9 heteroatoms. The SMILES string of the molecule is COc1ccc(Oc2cc(C)nc([C@@H]3CCCN(C(=O)c4ccc(-n5cccn5)nc4)C3)n2)cc1. The van der Waals surface area contributed by atoms with E-state index in [1.807, 2.05) is 54.4 Å². The molecule has 1 amide bonds. The van der Waals surface area contributed by atoms with Gasteiger partial charge in [0.25, 0.3) is 5.91 Å². The third-order valence-corrected chi connectivity index (χ3v) is 5.94. The normalized spacial score (nSPS) is 15.6. The van der Waals surface area contributed by atoms with Gasteiger partial charge in [-0.25, -0.2) is 14.6 Å². The molecule has 1 aliphatic rings. The van der Waals surface area contributed by atoms with Gasteiger partial charge in [-0.15, -0.1) is 0 Å². The Morgan fingerprint density at radius 2 is 1.91 bits per heavy atom. The van der Waals surface area contributed by atoms with E-state index in [-0.39, 0.29) is 11.8 Å². The number of rotatable bonds is 6. The minimum Gasteiger partial charge on any atom is -0.497 e. The number of benzene rings is 1. The molecule has 1 aromatic carbocycles. The number of hydrogen-bond acceptors (Lipinski definition) is 7. The number of pyridine rings is 1. The standard InChI is InChI=1S/C26H26N6O3/c1-18-15-24(35-22-9-7-21(34-2)8-10-22)30-25(29-18)20-5-3-13-31(17-20)26(33)19-6-11-23(27-16-19)32-14-4-12-28-32/h4,6-12,14-16,20H,3,5,13,17H2,1-2H3/t20-/m1/s1. The number of likely N-dealkylation sites (tertiary alicyclic amines) is 1. The zero-order valence-corrected chi connectivity index (χ0v) is 19.7. The van der Waals surface area contributed by atoms with Crippen molar-refractivity contribution >= 4 is 5.91 Å². The number of carbonyl (C=O) groups is 1. The van der Waals surface area contributed by atoms with Gasteiger partial charge in [-0.1, -0.05) is 0 Å². The van der Waals surface area contributed by atoms with Crippen molar-refractivity contribution in [1.82, 2.24) is 29.6 Å². The van der Waals surface area contributed by atoms with Gasteiger partial charge in [-0.2, -0.15) is 10.1 Å². The van der Waals surface area contributed by atoms with Gasteiger partial charge in [-0.3, -0.25) is 4.79 Å². The molecule has 1 fully saturated rings. The van der Waals surface area contributed by atoms with Crippen LogP contribution < -0.4 is 9.47 Å². The van der Waals surface area contributed by atoms with E-state index >= 15 is 0 Å². The minimum atomic E-state index is -0.0448. The third-order valence-electron chi connectivity index (χ3n) is 5.94. The van der Waals surface area contributed by atoms with Crippen LogP contribution in [-0.2, 0) is 0 Å². The summed E-state index contributed by atoms with van der Waals surface area (Å²) in [4.78, 5) is 28.8. The van der Waals surface area contributed by atoms with Gasteiger partial charge in [0.05, 0.1) is 12.7 Å². The van der Waals surface area contributed by atoms with Crippen LogP contribution in [0.4, 0.5) is 0 Å². The van der Waals surface area contributed by atoms with Gasteiger partial charge in [0, 0.05) is 49.4 Å². The van der Waals surface area contributed by atoms with Crippen LogP contribution in [0.3, 0.4) is 0 Å². The van der Waals surface area contributed by atoms with Crippen molar-refractivity contribution in [3.8, 4) is 23.2 Å². The molecule has 0 radical (unpaired) electrons. The maximum absolute atomic E-state index is 13.2. The fraction of sp³-hybridized carbons (Fsp3) is 0.269. The highest BCUT2D eigenvalue weighted by Crippen LogP contribution is 2.29. The van der Waals surface area contributed by atoms with Crippen LogP contribution in [0.2, 0.25) is 0 Å². The molecule has 4 heterocycles. The number of aryl methyl sites for hydroxylation is 1. The fourth-order valence-corrected chi connectivity index (χ4v) is 4.17. The topological polar surface area (TPSA) is 95.3 Å². The summed E-state index contributed by atoms with van der Waals surface area (Å²) >= 11 is 0. The lowest BCUT2D eigenvalue weighted by Crippen LogP contribution is -2.39. The Kier molecular flexibility index (Phi) is 6.38. The number of ether oxygens (including phenoxy) is 2. The molecule has 35 heavy (non-hydrogen) atoms. The average Bonchev–Trinajstić information content (AvgIpc) is 3.44. The zero-order valence-electron chi connectivity index (χ0n) is 19.7. The molecular formula is C26H26N6O3. The number of methoxy groups -OCH3 is 1. The smallest absolute Gasteiger partial charge is 0.255 e.